The lowest BCUT2D eigenvalue weighted by molar-refractivity contribution is 0.120. The number of para-hydroxylation sites is 1. The highest BCUT2D eigenvalue weighted by atomic mass is 32.2. The fourth-order valence-electron chi connectivity index (χ4n) is 3.94. The molecule has 2 aromatic carbocycles. The molecule has 0 aliphatic heterocycles. The summed E-state index contributed by atoms with van der Waals surface area (Å²) in [6, 6.07) is 13.6. The standard InChI is InChI=1S/C23H28N6O4S/c1-15-22(23(24)29(27-15)17-6-4-3-5-7-17)26-25-20-14-19(33-2)12-13-21(20)34(31,32)28-16-8-10-18(30)11-9-16/h3-7,12-14,16,18,28,30H,8-11,24H2,1-2H3. The SMILES string of the molecule is COc1ccc(S(=O)(=O)NC2CCC(O)CC2)c(N=Nc2c(C)nn(-c3ccccc3)c2N)c1. The highest BCUT2D eigenvalue weighted by Crippen LogP contribution is 2.34. The molecule has 0 atom stereocenters. The van der Waals surface area contributed by atoms with Gasteiger partial charge in [0, 0.05) is 12.1 Å². The molecule has 11 heteroatoms. The lowest BCUT2D eigenvalue weighted by Crippen LogP contribution is -2.38. The zero-order chi connectivity index (χ0) is 24.3. The molecule has 1 saturated carbocycles. The number of nitrogen functional groups attached to an aromatic ring is 1. The number of aryl methyl sites for hydroxylation is 1. The largest absolute Gasteiger partial charge is 0.497 e. The smallest absolute Gasteiger partial charge is 0.243 e. The van der Waals surface area contributed by atoms with Gasteiger partial charge in [-0.3, -0.25) is 0 Å². The first-order chi connectivity index (χ1) is 16.3. The number of hydrogen-bond donors (Lipinski definition) is 3. The van der Waals surface area contributed by atoms with Crippen LogP contribution >= 0.6 is 0 Å². The Kier molecular flexibility index (Phi) is 6.96. The van der Waals surface area contributed by atoms with Crippen LogP contribution in [0.2, 0.25) is 0 Å². The first-order valence-corrected chi connectivity index (χ1v) is 12.5. The van der Waals surface area contributed by atoms with Gasteiger partial charge in [0.2, 0.25) is 10.0 Å². The van der Waals surface area contributed by atoms with E-state index in [0.717, 1.165) is 5.69 Å². The molecule has 4 rings (SSSR count). The zero-order valence-electron chi connectivity index (χ0n) is 19.0. The number of methoxy groups -OCH3 is 1. The molecular weight excluding hydrogens is 456 g/mol. The molecule has 1 aliphatic rings. The van der Waals surface area contributed by atoms with E-state index in [-0.39, 0.29) is 22.7 Å². The Bertz CT molecular complexity index is 1280. The fourth-order valence-corrected chi connectivity index (χ4v) is 5.36. The molecule has 3 aromatic rings. The molecule has 34 heavy (non-hydrogen) atoms. The van der Waals surface area contributed by atoms with Crippen molar-refractivity contribution in [2.75, 3.05) is 12.8 Å². The van der Waals surface area contributed by atoms with Crippen LogP contribution in [-0.4, -0.2) is 42.6 Å². The van der Waals surface area contributed by atoms with Crippen LogP contribution in [0.25, 0.3) is 5.69 Å². The van der Waals surface area contributed by atoms with Gasteiger partial charge in [-0.25, -0.2) is 17.8 Å². The number of anilines is 1. The van der Waals surface area contributed by atoms with Crippen LogP contribution in [0.4, 0.5) is 17.2 Å². The third-order valence-corrected chi connectivity index (χ3v) is 7.36. The third kappa shape index (κ3) is 5.11. The van der Waals surface area contributed by atoms with Crippen molar-refractivity contribution in [1.82, 2.24) is 14.5 Å². The van der Waals surface area contributed by atoms with Crippen LogP contribution in [0.5, 0.6) is 5.75 Å². The van der Waals surface area contributed by atoms with E-state index in [2.05, 4.69) is 20.0 Å². The summed E-state index contributed by atoms with van der Waals surface area (Å²) in [5.41, 5.74) is 8.08. The monoisotopic (exact) mass is 484 g/mol. The number of ether oxygens (including phenoxy) is 1. The second-order valence-corrected chi connectivity index (χ2v) is 9.91. The number of aliphatic hydroxyl groups is 1. The summed E-state index contributed by atoms with van der Waals surface area (Å²) in [7, 11) is -2.40. The van der Waals surface area contributed by atoms with Gasteiger partial charge in [-0.1, -0.05) is 18.2 Å². The van der Waals surface area contributed by atoms with Gasteiger partial charge in [-0.2, -0.15) is 5.10 Å². The first-order valence-electron chi connectivity index (χ1n) is 11.0. The van der Waals surface area contributed by atoms with Crippen molar-refractivity contribution in [3.05, 3.63) is 54.2 Å². The van der Waals surface area contributed by atoms with Gasteiger partial charge < -0.3 is 15.6 Å². The number of rotatable bonds is 7. The van der Waals surface area contributed by atoms with Crippen molar-refractivity contribution in [2.45, 2.75) is 49.6 Å². The molecule has 1 aliphatic carbocycles. The lowest BCUT2D eigenvalue weighted by atomic mass is 9.94. The molecular formula is C23H28N6O4S. The van der Waals surface area contributed by atoms with E-state index < -0.39 is 10.0 Å². The molecule has 0 saturated heterocycles. The maximum Gasteiger partial charge on any atom is 0.243 e. The Labute approximate surface area is 198 Å². The van der Waals surface area contributed by atoms with E-state index in [1.54, 1.807) is 17.7 Å². The van der Waals surface area contributed by atoms with Gasteiger partial charge >= 0.3 is 0 Å². The Hall–Kier alpha value is -3.28. The normalized spacial score (nSPS) is 18.9. The molecule has 0 spiro atoms. The van der Waals surface area contributed by atoms with Crippen LogP contribution in [0.3, 0.4) is 0 Å². The fraction of sp³-hybridized carbons (Fsp3) is 0.348. The second-order valence-electron chi connectivity index (χ2n) is 8.23. The number of aliphatic hydroxyl groups excluding tert-OH is 1. The van der Waals surface area contributed by atoms with E-state index in [4.69, 9.17) is 10.5 Å². The number of nitrogens with zero attached hydrogens (tertiary/aromatic N) is 4. The summed E-state index contributed by atoms with van der Waals surface area (Å²) in [6.07, 6.45) is 1.89. The zero-order valence-corrected chi connectivity index (χ0v) is 19.9. The number of sulfonamides is 1. The topological polar surface area (TPSA) is 144 Å². The summed E-state index contributed by atoms with van der Waals surface area (Å²) in [5, 5.41) is 22.7. The van der Waals surface area contributed by atoms with E-state index in [0.29, 0.717) is 48.6 Å². The van der Waals surface area contributed by atoms with Crippen LogP contribution in [0.15, 0.2) is 63.7 Å². The van der Waals surface area contributed by atoms with E-state index in [1.807, 2.05) is 30.3 Å². The summed E-state index contributed by atoms with van der Waals surface area (Å²) < 4.78 is 35.9. The molecule has 4 N–H and O–H groups in total. The number of nitrogens with two attached hydrogens (primary N) is 1. The van der Waals surface area contributed by atoms with Crippen LogP contribution < -0.4 is 15.2 Å². The van der Waals surface area contributed by atoms with Crippen molar-refractivity contribution < 1.29 is 18.3 Å². The number of benzene rings is 2. The van der Waals surface area contributed by atoms with Gasteiger partial charge in [0.1, 0.15) is 16.3 Å². The number of hydrogen-bond acceptors (Lipinski definition) is 8. The Morgan fingerprint density at radius 2 is 1.82 bits per heavy atom. The average Bonchev–Trinajstić information content (AvgIpc) is 3.12. The van der Waals surface area contributed by atoms with Crippen molar-refractivity contribution >= 4 is 27.2 Å². The molecule has 0 bridgehead atoms. The van der Waals surface area contributed by atoms with Gasteiger partial charge in [0.05, 0.1) is 24.6 Å². The van der Waals surface area contributed by atoms with Crippen molar-refractivity contribution in [2.24, 2.45) is 10.2 Å². The number of azo groups is 1. The minimum absolute atomic E-state index is 0.0187. The maximum atomic E-state index is 13.2. The van der Waals surface area contributed by atoms with Gasteiger partial charge in [0.15, 0.2) is 11.5 Å². The molecule has 1 heterocycles. The summed E-state index contributed by atoms with van der Waals surface area (Å²) in [5.74, 6) is 0.733. The van der Waals surface area contributed by atoms with Crippen molar-refractivity contribution in [1.29, 1.82) is 0 Å². The highest BCUT2D eigenvalue weighted by molar-refractivity contribution is 7.89. The summed E-state index contributed by atoms with van der Waals surface area (Å²) >= 11 is 0. The number of aromatic nitrogens is 2. The molecule has 10 nitrogen and oxygen atoms in total. The molecule has 180 valence electrons. The predicted octanol–water partition coefficient (Wildman–Crippen LogP) is 3.77. The molecule has 0 unspecified atom stereocenters. The quantitative estimate of drug-likeness (QED) is 0.435. The van der Waals surface area contributed by atoms with E-state index in [1.165, 1.54) is 19.2 Å². The van der Waals surface area contributed by atoms with Crippen LogP contribution in [-0.2, 0) is 10.0 Å². The van der Waals surface area contributed by atoms with Gasteiger partial charge in [-0.15, -0.1) is 10.2 Å². The average molecular weight is 485 g/mol. The lowest BCUT2D eigenvalue weighted by Gasteiger charge is -2.26. The summed E-state index contributed by atoms with van der Waals surface area (Å²) in [6.45, 7) is 1.76. The predicted molar refractivity (Wildman–Crippen MR) is 128 cm³/mol. The van der Waals surface area contributed by atoms with Crippen molar-refractivity contribution in [3.63, 3.8) is 0 Å². The number of nitrogens with one attached hydrogen (secondary N) is 1. The highest BCUT2D eigenvalue weighted by Gasteiger charge is 2.27. The molecule has 1 aromatic heterocycles. The second kappa shape index (κ2) is 9.92. The van der Waals surface area contributed by atoms with Gasteiger partial charge in [0.25, 0.3) is 0 Å². The van der Waals surface area contributed by atoms with E-state index >= 15 is 0 Å². The van der Waals surface area contributed by atoms with E-state index in [9.17, 15) is 13.5 Å². The molecule has 0 radical (unpaired) electrons. The Balaban J connectivity index is 1.67. The molecule has 0 amide bonds. The first kappa shape index (κ1) is 23.9. The Morgan fingerprint density at radius 3 is 2.50 bits per heavy atom. The maximum absolute atomic E-state index is 13.2. The Morgan fingerprint density at radius 1 is 1.12 bits per heavy atom. The minimum atomic E-state index is -3.89. The van der Waals surface area contributed by atoms with Crippen LogP contribution in [0.1, 0.15) is 31.4 Å². The van der Waals surface area contributed by atoms with Gasteiger partial charge in [-0.05, 0) is 56.9 Å². The third-order valence-electron chi connectivity index (χ3n) is 5.80. The molecule has 1 fully saturated rings. The van der Waals surface area contributed by atoms with Crippen molar-refractivity contribution in [3.8, 4) is 11.4 Å². The minimum Gasteiger partial charge on any atom is -0.497 e. The summed E-state index contributed by atoms with van der Waals surface area (Å²) in [4.78, 5) is -0.0187. The van der Waals surface area contributed by atoms with Crippen LogP contribution in [0, 0.1) is 6.92 Å².